The molecule has 1 N–H and O–H groups in total. The van der Waals surface area contributed by atoms with E-state index in [-0.39, 0.29) is 5.75 Å². The summed E-state index contributed by atoms with van der Waals surface area (Å²) in [6, 6.07) is 21.9. The van der Waals surface area contributed by atoms with E-state index in [4.69, 9.17) is 14.2 Å². The van der Waals surface area contributed by atoms with Crippen LogP contribution in [0.1, 0.15) is 11.1 Å². The number of benzene rings is 3. The van der Waals surface area contributed by atoms with Crippen LogP contribution in [0.5, 0.6) is 28.7 Å². The van der Waals surface area contributed by atoms with Crippen LogP contribution in [-0.2, 0) is 13.1 Å². The predicted molar refractivity (Wildman–Crippen MR) is 125 cm³/mol. The SMILES string of the molecule is COc1cc(CN2CCN(Cc3cccc(Oc4ccccc4)c3)CC2)cc(OC)c1O. The first kappa shape index (κ1) is 22.0. The second kappa shape index (κ2) is 10.4. The molecule has 4 rings (SSSR count). The number of rotatable bonds is 8. The van der Waals surface area contributed by atoms with E-state index >= 15 is 0 Å². The number of phenols is 1. The van der Waals surface area contributed by atoms with E-state index in [0.29, 0.717) is 11.5 Å². The van der Waals surface area contributed by atoms with Gasteiger partial charge in [0.25, 0.3) is 0 Å². The largest absolute Gasteiger partial charge is 0.502 e. The topological polar surface area (TPSA) is 54.4 Å². The molecule has 0 amide bonds. The van der Waals surface area contributed by atoms with Crippen molar-refractivity contribution in [3.05, 3.63) is 77.9 Å². The Labute approximate surface area is 189 Å². The molecule has 0 atom stereocenters. The average molecular weight is 435 g/mol. The molecular weight excluding hydrogens is 404 g/mol. The van der Waals surface area contributed by atoms with Gasteiger partial charge in [0.05, 0.1) is 14.2 Å². The van der Waals surface area contributed by atoms with Gasteiger partial charge in [0.1, 0.15) is 11.5 Å². The molecule has 1 heterocycles. The number of aromatic hydroxyl groups is 1. The second-order valence-electron chi connectivity index (χ2n) is 7.96. The van der Waals surface area contributed by atoms with Crippen molar-refractivity contribution in [1.82, 2.24) is 9.80 Å². The molecule has 3 aromatic carbocycles. The van der Waals surface area contributed by atoms with E-state index in [1.54, 1.807) is 14.2 Å². The molecule has 1 fully saturated rings. The lowest BCUT2D eigenvalue weighted by atomic mass is 10.1. The molecule has 0 aromatic heterocycles. The van der Waals surface area contributed by atoms with Crippen molar-refractivity contribution in [3.63, 3.8) is 0 Å². The van der Waals surface area contributed by atoms with E-state index in [0.717, 1.165) is 56.3 Å². The minimum atomic E-state index is 0.0436. The summed E-state index contributed by atoms with van der Waals surface area (Å²) in [6.45, 7) is 5.64. The smallest absolute Gasteiger partial charge is 0.200 e. The number of nitrogens with zero attached hydrogens (tertiary/aromatic N) is 2. The first-order valence-electron chi connectivity index (χ1n) is 10.8. The van der Waals surface area contributed by atoms with Gasteiger partial charge in [-0.2, -0.15) is 0 Å². The minimum Gasteiger partial charge on any atom is -0.502 e. The fraction of sp³-hybridized carbons (Fsp3) is 0.308. The molecule has 0 radical (unpaired) electrons. The Bertz CT molecular complexity index is 992. The standard InChI is InChI=1S/C26H30N2O4/c1-30-24-16-21(17-25(31-2)26(24)29)19-28-13-11-27(12-14-28)18-20-7-6-10-23(15-20)32-22-8-4-3-5-9-22/h3-10,15-17,29H,11-14,18-19H2,1-2H3. The highest BCUT2D eigenvalue weighted by atomic mass is 16.5. The number of para-hydroxylation sites is 1. The molecule has 0 aliphatic carbocycles. The van der Waals surface area contributed by atoms with Crippen LogP contribution in [-0.4, -0.2) is 55.3 Å². The van der Waals surface area contributed by atoms with Crippen LogP contribution in [0, 0.1) is 0 Å². The average Bonchev–Trinajstić information content (AvgIpc) is 2.82. The molecule has 1 saturated heterocycles. The summed E-state index contributed by atoms with van der Waals surface area (Å²) in [6.07, 6.45) is 0. The van der Waals surface area contributed by atoms with Crippen molar-refractivity contribution in [3.8, 4) is 28.7 Å². The van der Waals surface area contributed by atoms with E-state index in [1.807, 2.05) is 48.5 Å². The predicted octanol–water partition coefficient (Wildman–Crippen LogP) is 4.52. The van der Waals surface area contributed by atoms with E-state index < -0.39 is 0 Å². The molecule has 1 aliphatic rings. The molecular formula is C26H30N2O4. The van der Waals surface area contributed by atoms with E-state index in [1.165, 1.54) is 5.56 Å². The monoisotopic (exact) mass is 434 g/mol. The van der Waals surface area contributed by atoms with E-state index in [9.17, 15) is 5.11 Å². The highest BCUT2D eigenvalue weighted by Gasteiger charge is 2.19. The third kappa shape index (κ3) is 5.52. The molecule has 0 bridgehead atoms. The first-order chi connectivity index (χ1) is 15.6. The van der Waals surface area contributed by atoms with Crippen molar-refractivity contribution in [2.45, 2.75) is 13.1 Å². The zero-order valence-electron chi connectivity index (χ0n) is 18.7. The van der Waals surface area contributed by atoms with Crippen LogP contribution in [0.15, 0.2) is 66.7 Å². The normalized spacial score (nSPS) is 14.8. The highest BCUT2D eigenvalue weighted by Crippen LogP contribution is 2.37. The van der Waals surface area contributed by atoms with Crippen molar-refractivity contribution in [2.75, 3.05) is 40.4 Å². The second-order valence-corrected chi connectivity index (χ2v) is 7.96. The van der Waals surface area contributed by atoms with Gasteiger partial charge in [-0.05, 0) is 47.5 Å². The summed E-state index contributed by atoms with van der Waals surface area (Å²) in [4.78, 5) is 4.88. The molecule has 0 unspecified atom stereocenters. The van der Waals surface area contributed by atoms with Crippen molar-refractivity contribution in [2.24, 2.45) is 0 Å². The maximum absolute atomic E-state index is 10.1. The summed E-state index contributed by atoms with van der Waals surface area (Å²) >= 11 is 0. The van der Waals surface area contributed by atoms with Gasteiger partial charge in [-0.25, -0.2) is 0 Å². The zero-order valence-corrected chi connectivity index (χ0v) is 18.7. The lowest BCUT2D eigenvalue weighted by molar-refractivity contribution is 0.122. The summed E-state index contributed by atoms with van der Waals surface area (Å²) in [7, 11) is 3.11. The van der Waals surface area contributed by atoms with E-state index in [2.05, 4.69) is 28.0 Å². The van der Waals surface area contributed by atoms with Gasteiger partial charge < -0.3 is 19.3 Å². The van der Waals surface area contributed by atoms with Crippen molar-refractivity contribution >= 4 is 0 Å². The lowest BCUT2D eigenvalue weighted by Gasteiger charge is -2.34. The number of piperazine rings is 1. The van der Waals surface area contributed by atoms with Crippen molar-refractivity contribution in [1.29, 1.82) is 0 Å². The van der Waals surface area contributed by atoms with Gasteiger partial charge in [-0.15, -0.1) is 0 Å². The van der Waals surface area contributed by atoms with Crippen LogP contribution in [0.4, 0.5) is 0 Å². The summed E-state index contributed by atoms with van der Waals surface area (Å²) < 4.78 is 16.5. The van der Waals surface area contributed by atoms with Crippen LogP contribution < -0.4 is 14.2 Å². The molecule has 32 heavy (non-hydrogen) atoms. The Kier molecular flexibility index (Phi) is 7.14. The number of ether oxygens (including phenoxy) is 3. The minimum absolute atomic E-state index is 0.0436. The Hall–Kier alpha value is -3.22. The number of methoxy groups -OCH3 is 2. The van der Waals surface area contributed by atoms with Crippen LogP contribution in [0.25, 0.3) is 0 Å². The summed E-state index contributed by atoms with van der Waals surface area (Å²) in [5.74, 6) is 2.64. The Morgan fingerprint density at radius 2 is 1.25 bits per heavy atom. The first-order valence-corrected chi connectivity index (χ1v) is 10.8. The van der Waals surface area contributed by atoms with Gasteiger partial charge in [0.15, 0.2) is 11.5 Å². The number of phenolic OH excluding ortho intramolecular Hbond substituents is 1. The highest BCUT2D eigenvalue weighted by molar-refractivity contribution is 5.52. The lowest BCUT2D eigenvalue weighted by Crippen LogP contribution is -2.45. The quantitative estimate of drug-likeness (QED) is 0.563. The van der Waals surface area contributed by atoms with Crippen LogP contribution in [0.2, 0.25) is 0 Å². The maximum Gasteiger partial charge on any atom is 0.200 e. The maximum atomic E-state index is 10.1. The third-order valence-corrected chi connectivity index (χ3v) is 5.69. The Balaban J connectivity index is 1.31. The van der Waals surface area contributed by atoms with Gasteiger partial charge in [0, 0.05) is 39.3 Å². The molecule has 168 valence electrons. The van der Waals surface area contributed by atoms with Crippen molar-refractivity contribution < 1.29 is 19.3 Å². The molecule has 0 spiro atoms. The molecule has 6 heteroatoms. The zero-order chi connectivity index (χ0) is 22.3. The summed E-state index contributed by atoms with van der Waals surface area (Å²) in [5.41, 5.74) is 2.32. The van der Waals surface area contributed by atoms with Gasteiger partial charge in [-0.3, -0.25) is 9.80 Å². The Morgan fingerprint density at radius 1 is 0.688 bits per heavy atom. The number of hydrogen-bond acceptors (Lipinski definition) is 6. The molecule has 1 aliphatic heterocycles. The number of hydrogen-bond donors (Lipinski definition) is 1. The van der Waals surface area contributed by atoms with Crippen LogP contribution in [0.3, 0.4) is 0 Å². The molecule has 3 aromatic rings. The molecule has 0 saturated carbocycles. The fourth-order valence-corrected chi connectivity index (χ4v) is 3.99. The van der Waals surface area contributed by atoms with Crippen LogP contribution >= 0.6 is 0 Å². The van der Waals surface area contributed by atoms with Gasteiger partial charge in [0.2, 0.25) is 5.75 Å². The summed E-state index contributed by atoms with van der Waals surface area (Å²) in [5, 5.41) is 10.1. The third-order valence-electron chi connectivity index (χ3n) is 5.69. The Morgan fingerprint density at radius 3 is 1.84 bits per heavy atom. The fourth-order valence-electron chi connectivity index (χ4n) is 3.99. The molecule has 6 nitrogen and oxygen atoms in total. The van der Waals surface area contributed by atoms with Gasteiger partial charge >= 0.3 is 0 Å². The van der Waals surface area contributed by atoms with Gasteiger partial charge in [-0.1, -0.05) is 30.3 Å².